The number of nitrogens with zero attached hydrogens (tertiary/aromatic N) is 1. The van der Waals surface area contributed by atoms with Crippen LogP contribution in [0.15, 0.2) is 24.3 Å². The summed E-state index contributed by atoms with van der Waals surface area (Å²) in [4.78, 5) is 25.3. The van der Waals surface area contributed by atoms with Gasteiger partial charge in [0.15, 0.2) is 0 Å². The molecule has 120 valence electrons. The van der Waals surface area contributed by atoms with E-state index < -0.39 is 11.4 Å². The van der Waals surface area contributed by atoms with E-state index >= 15 is 0 Å². The summed E-state index contributed by atoms with van der Waals surface area (Å²) in [6, 6.07) is 7.87. The molecule has 1 aliphatic rings. The number of hydrogen-bond acceptors (Lipinski definition) is 2. The Labute approximate surface area is 131 Å². The highest BCUT2D eigenvalue weighted by atomic mass is 16.4. The van der Waals surface area contributed by atoms with Gasteiger partial charge in [0.2, 0.25) is 0 Å². The number of aryl methyl sites for hydroxylation is 1. The largest absolute Gasteiger partial charge is 0.481 e. The van der Waals surface area contributed by atoms with Crippen molar-refractivity contribution in [3.63, 3.8) is 0 Å². The lowest BCUT2D eigenvalue weighted by atomic mass is 9.90. The molecule has 1 aliphatic heterocycles. The maximum absolute atomic E-state index is 12.4. The van der Waals surface area contributed by atoms with Crippen LogP contribution in [0.25, 0.3) is 0 Å². The minimum Gasteiger partial charge on any atom is -0.481 e. The molecule has 0 aromatic heterocycles. The Kier molecular flexibility index (Phi) is 4.74. The number of benzene rings is 1. The van der Waals surface area contributed by atoms with Crippen LogP contribution in [0.1, 0.15) is 43.9 Å². The average Bonchev–Trinajstić information content (AvgIpc) is 2.90. The van der Waals surface area contributed by atoms with Gasteiger partial charge in [0.25, 0.3) is 0 Å². The summed E-state index contributed by atoms with van der Waals surface area (Å²) in [6.45, 7) is 6.49. The Morgan fingerprint density at radius 3 is 2.50 bits per heavy atom. The zero-order valence-corrected chi connectivity index (χ0v) is 13.4. The highest BCUT2D eigenvalue weighted by Crippen LogP contribution is 2.30. The maximum Gasteiger partial charge on any atom is 0.317 e. The lowest BCUT2D eigenvalue weighted by Gasteiger charge is -2.24. The second-order valence-corrected chi connectivity index (χ2v) is 6.36. The van der Waals surface area contributed by atoms with Gasteiger partial charge in [0.05, 0.1) is 11.5 Å². The van der Waals surface area contributed by atoms with Crippen molar-refractivity contribution in [2.24, 2.45) is 5.41 Å². The normalized spacial score (nSPS) is 22.4. The zero-order chi connectivity index (χ0) is 16.3. The van der Waals surface area contributed by atoms with Crippen LogP contribution in [-0.4, -0.2) is 35.1 Å². The van der Waals surface area contributed by atoms with Crippen LogP contribution in [0.4, 0.5) is 4.79 Å². The summed E-state index contributed by atoms with van der Waals surface area (Å²) < 4.78 is 0. The molecule has 2 amide bonds. The fourth-order valence-electron chi connectivity index (χ4n) is 2.77. The van der Waals surface area contributed by atoms with Gasteiger partial charge in [-0.1, -0.05) is 36.8 Å². The van der Waals surface area contributed by atoms with Crippen molar-refractivity contribution in [2.45, 2.75) is 39.7 Å². The summed E-state index contributed by atoms with van der Waals surface area (Å²) in [5.41, 5.74) is 1.42. The number of hydrogen-bond donors (Lipinski definition) is 2. The van der Waals surface area contributed by atoms with E-state index in [1.165, 1.54) is 5.56 Å². The Hall–Kier alpha value is -2.04. The minimum absolute atomic E-state index is 0.0511. The Morgan fingerprint density at radius 2 is 2.00 bits per heavy atom. The maximum atomic E-state index is 12.4. The summed E-state index contributed by atoms with van der Waals surface area (Å²) in [5, 5.41) is 12.3. The molecule has 5 nitrogen and oxygen atoms in total. The molecule has 22 heavy (non-hydrogen) atoms. The molecular formula is C17H24N2O3. The van der Waals surface area contributed by atoms with Crippen LogP contribution in [0, 0.1) is 12.3 Å². The van der Waals surface area contributed by atoms with Gasteiger partial charge in [-0.05, 0) is 32.3 Å². The minimum atomic E-state index is -0.839. The van der Waals surface area contributed by atoms with Gasteiger partial charge >= 0.3 is 12.0 Å². The second kappa shape index (κ2) is 6.38. The van der Waals surface area contributed by atoms with Gasteiger partial charge in [-0.3, -0.25) is 4.79 Å². The first-order valence-corrected chi connectivity index (χ1v) is 7.71. The SMILES string of the molecule is CCC(NC(=O)N1CCC(C)(C(=O)O)C1)c1ccc(C)cc1. The molecule has 0 spiro atoms. The molecule has 2 rings (SSSR count). The van der Waals surface area contributed by atoms with Gasteiger partial charge in [0.1, 0.15) is 0 Å². The molecule has 2 atom stereocenters. The standard InChI is InChI=1S/C17H24N2O3/c1-4-14(13-7-5-12(2)6-8-13)18-16(22)19-10-9-17(3,11-19)15(20)21/h5-8,14H,4,9-11H2,1-3H3,(H,18,22)(H,20,21). The Bertz CT molecular complexity index is 556. The number of amides is 2. The number of likely N-dealkylation sites (tertiary alicyclic amines) is 1. The van der Waals surface area contributed by atoms with Gasteiger partial charge < -0.3 is 15.3 Å². The van der Waals surface area contributed by atoms with Crippen molar-refractivity contribution >= 4 is 12.0 Å². The third-order valence-electron chi connectivity index (χ3n) is 4.46. The smallest absolute Gasteiger partial charge is 0.317 e. The van der Waals surface area contributed by atoms with Gasteiger partial charge in [0, 0.05) is 13.1 Å². The van der Waals surface area contributed by atoms with E-state index in [4.69, 9.17) is 0 Å². The molecule has 0 radical (unpaired) electrons. The number of carbonyl (C=O) groups is 2. The van der Waals surface area contributed by atoms with Crippen LogP contribution in [0.5, 0.6) is 0 Å². The van der Waals surface area contributed by atoms with Crippen LogP contribution < -0.4 is 5.32 Å². The number of carboxylic acid groups (broad SMARTS) is 1. The van der Waals surface area contributed by atoms with E-state index in [2.05, 4.69) is 5.32 Å². The van der Waals surface area contributed by atoms with Crippen molar-refractivity contribution in [2.75, 3.05) is 13.1 Å². The molecule has 1 saturated heterocycles. The molecule has 1 aromatic rings. The molecule has 1 aromatic carbocycles. The zero-order valence-electron chi connectivity index (χ0n) is 13.4. The highest BCUT2D eigenvalue weighted by molar-refractivity contribution is 5.79. The number of urea groups is 1. The summed E-state index contributed by atoms with van der Waals surface area (Å²) in [7, 11) is 0. The number of carboxylic acids is 1. The van der Waals surface area contributed by atoms with E-state index in [-0.39, 0.29) is 18.6 Å². The van der Waals surface area contributed by atoms with E-state index in [0.717, 1.165) is 12.0 Å². The van der Waals surface area contributed by atoms with Crippen LogP contribution in [-0.2, 0) is 4.79 Å². The molecule has 0 bridgehead atoms. The summed E-state index contributed by atoms with van der Waals surface area (Å²) >= 11 is 0. The van der Waals surface area contributed by atoms with E-state index in [1.54, 1.807) is 11.8 Å². The van der Waals surface area contributed by atoms with Crippen molar-refractivity contribution in [1.82, 2.24) is 10.2 Å². The topological polar surface area (TPSA) is 69.6 Å². The predicted molar refractivity (Wildman–Crippen MR) is 84.7 cm³/mol. The molecule has 2 unspecified atom stereocenters. The van der Waals surface area contributed by atoms with Crippen LogP contribution in [0.2, 0.25) is 0 Å². The molecule has 5 heteroatoms. The van der Waals surface area contributed by atoms with Crippen LogP contribution >= 0.6 is 0 Å². The quantitative estimate of drug-likeness (QED) is 0.898. The number of nitrogens with one attached hydrogen (secondary N) is 1. The molecule has 1 heterocycles. The molecule has 0 saturated carbocycles. The monoisotopic (exact) mass is 304 g/mol. The van der Waals surface area contributed by atoms with Crippen LogP contribution in [0.3, 0.4) is 0 Å². The Balaban J connectivity index is 2.01. The lowest BCUT2D eigenvalue weighted by molar-refractivity contribution is -0.147. The third-order valence-corrected chi connectivity index (χ3v) is 4.46. The summed E-state index contributed by atoms with van der Waals surface area (Å²) in [6.07, 6.45) is 1.29. The van der Waals surface area contributed by atoms with Gasteiger partial charge in [-0.15, -0.1) is 0 Å². The fraction of sp³-hybridized carbons (Fsp3) is 0.529. The average molecular weight is 304 g/mol. The van der Waals surface area contributed by atoms with E-state index in [1.807, 2.05) is 38.1 Å². The highest BCUT2D eigenvalue weighted by Gasteiger charge is 2.42. The van der Waals surface area contributed by atoms with E-state index in [0.29, 0.717) is 13.0 Å². The third kappa shape index (κ3) is 3.40. The van der Waals surface area contributed by atoms with Gasteiger partial charge in [-0.2, -0.15) is 0 Å². The number of aliphatic carboxylic acids is 1. The molecular weight excluding hydrogens is 280 g/mol. The first kappa shape index (κ1) is 16.3. The van der Waals surface area contributed by atoms with Gasteiger partial charge in [-0.25, -0.2) is 4.79 Å². The number of rotatable bonds is 4. The second-order valence-electron chi connectivity index (χ2n) is 6.36. The van der Waals surface area contributed by atoms with Crippen molar-refractivity contribution < 1.29 is 14.7 Å². The predicted octanol–water partition coefficient (Wildman–Crippen LogP) is 2.95. The van der Waals surface area contributed by atoms with Crippen molar-refractivity contribution in [3.05, 3.63) is 35.4 Å². The van der Waals surface area contributed by atoms with Crippen molar-refractivity contribution in [1.29, 1.82) is 0 Å². The summed E-state index contributed by atoms with van der Waals surface area (Å²) in [5.74, 6) is -0.839. The van der Waals surface area contributed by atoms with E-state index in [9.17, 15) is 14.7 Å². The molecule has 0 aliphatic carbocycles. The Morgan fingerprint density at radius 1 is 1.36 bits per heavy atom. The number of carbonyl (C=O) groups excluding carboxylic acids is 1. The fourth-order valence-corrected chi connectivity index (χ4v) is 2.77. The lowest BCUT2D eigenvalue weighted by Crippen LogP contribution is -2.42. The molecule has 2 N–H and O–H groups in total. The van der Waals surface area contributed by atoms with Crippen molar-refractivity contribution in [3.8, 4) is 0 Å². The first-order chi connectivity index (χ1) is 10.4. The molecule has 1 fully saturated rings. The first-order valence-electron chi connectivity index (χ1n) is 7.71.